The van der Waals surface area contributed by atoms with Crippen LogP contribution in [0.25, 0.3) is 10.1 Å². The van der Waals surface area contributed by atoms with Crippen LogP contribution in [-0.4, -0.2) is 18.4 Å². The fourth-order valence-corrected chi connectivity index (χ4v) is 2.98. The van der Waals surface area contributed by atoms with Gasteiger partial charge in [0.05, 0.1) is 4.88 Å². The number of hydrogen-bond acceptors (Lipinski definition) is 4. The molecule has 2 aromatic rings. The molecule has 0 aliphatic heterocycles. The molecule has 0 radical (unpaired) electrons. The first kappa shape index (κ1) is 13.1. The van der Waals surface area contributed by atoms with Gasteiger partial charge >= 0.3 is 5.97 Å². The first-order valence-electron chi connectivity index (χ1n) is 5.34. The molecule has 1 aromatic carbocycles. The number of benzene rings is 1. The Bertz CT molecular complexity index is 630. The van der Waals surface area contributed by atoms with Gasteiger partial charge in [0.25, 0.3) is 0 Å². The minimum absolute atomic E-state index is 0.181. The first-order chi connectivity index (χ1) is 8.49. The van der Waals surface area contributed by atoms with Crippen LogP contribution in [0.2, 0.25) is 5.02 Å². The van der Waals surface area contributed by atoms with Crippen LogP contribution in [0.15, 0.2) is 18.2 Å². The number of rotatable bonds is 3. The summed E-state index contributed by atoms with van der Waals surface area (Å²) in [6, 6.07) is 5.52. The Morgan fingerprint density at radius 3 is 2.78 bits per heavy atom. The van der Waals surface area contributed by atoms with E-state index in [1.54, 1.807) is 6.07 Å². The Hall–Kier alpha value is -1.39. The molecular formula is C13H11ClO3S. The van der Waals surface area contributed by atoms with Crippen LogP contribution in [0.3, 0.4) is 0 Å². The quantitative estimate of drug-likeness (QED) is 0.638. The number of hydrogen-bond donors (Lipinski definition) is 0. The minimum Gasteiger partial charge on any atom is -0.457 e. The summed E-state index contributed by atoms with van der Waals surface area (Å²) in [6.07, 6.45) is 0. The molecule has 0 aliphatic carbocycles. The third-order valence-corrected chi connectivity index (χ3v) is 4.11. The summed E-state index contributed by atoms with van der Waals surface area (Å²) >= 11 is 7.33. The minimum atomic E-state index is -0.454. The lowest BCUT2D eigenvalue weighted by Gasteiger charge is -2.00. The van der Waals surface area contributed by atoms with Crippen molar-refractivity contribution in [1.29, 1.82) is 0 Å². The molecular weight excluding hydrogens is 272 g/mol. The van der Waals surface area contributed by atoms with Crippen molar-refractivity contribution in [1.82, 2.24) is 0 Å². The van der Waals surface area contributed by atoms with Crippen LogP contribution < -0.4 is 0 Å². The van der Waals surface area contributed by atoms with Crippen molar-refractivity contribution < 1.29 is 14.3 Å². The molecule has 18 heavy (non-hydrogen) atoms. The third kappa shape index (κ3) is 2.54. The maximum absolute atomic E-state index is 11.9. The molecule has 94 valence electrons. The average Bonchev–Trinajstić information content (AvgIpc) is 2.64. The summed E-state index contributed by atoms with van der Waals surface area (Å²) in [5.74, 6) is -0.634. The second kappa shape index (κ2) is 5.08. The zero-order valence-corrected chi connectivity index (χ0v) is 11.5. The molecule has 5 heteroatoms. The molecule has 0 saturated heterocycles. The molecule has 1 aromatic heterocycles. The lowest BCUT2D eigenvalue weighted by Crippen LogP contribution is -2.11. The second-order valence-electron chi connectivity index (χ2n) is 3.90. The van der Waals surface area contributed by atoms with Gasteiger partial charge in [-0.2, -0.15) is 0 Å². The molecule has 0 fully saturated rings. The van der Waals surface area contributed by atoms with Crippen molar-refractivity contribution in [3.8, 4) is 0 Å². The second-order valence-corrected chi connectivity index (χ2v) is 5.39. The summed E-state index contributed by atoms with van der Waals surface area (Å²) in [7, 11) is 0. The number of esters is 1. The number of carbonyl (C=O) groups excluding carboxylic acids is 2. The normalized spacial score (nSPS) is 10.6. The van der Waals surface area contributed by atoms with Gasteiger partial charge in [-0.05, 0) is 36.1 Å². The number of ketones is 1. The standard InChI is InChI=1S/C13H11ClO3S/c1-7-10-5-9(14)3-4-12(10)18-13(7)11(16)6-17-8(2)15/h3-5H,6H2,1-2H3. The lowest BCUT2D eigenvalue weighted by atomic mass is 10.1. The molecule has 0 bridgehead atoms. The van der Waals surface area contributed by atoms with Crippen LogP contribution in [-0.2, 0) is 9.53 Å². The number of halogens is 1. The van der Waals surface area contributed by atoms with Gasteiger partial charge < -0.3 is 4.74 Å². The number of carbonyl (C=O) groups is 2. The average molecular weight is 283 g/mol. The van der Waals surface area contributed by atoms with Gasteiger partial charge in [-0.15, -0.1) is 11.3 Å². The molecule has 0 spiro atoms. The van der Waals surface area contributed by atoms with Crippen molar-refractivity contribution in [2.45, 2.75) is 13.8 Å². The molecule has 0 saturated carbocycles. The third-order valence-electron chi connectivity index (χ3n) is 2.56. The van der Waals surface area contributed by atoms with Gasteiger partial charge in [0.2, 0.25) is 5.78 Å². The number of thiophene rings is 1. The van der Waals surface area contributed by atoms with E-state index >= 15 is 0 Å². The van der Waals surface area contributed by atoms with E-state index in [9.17, 15) is 9.59 Å². The highest BCUT2D eigenvalue weighted by molar-refractivity contribution is 7.21. The van der Waals surface area contributed by atoms with Crippen LogP contribution in [0.4, 0.5) is 0 Å². The fraction of sp³-hybridized carbons (Fsp3) is 0.231. The Labute approximate surface area is 113 Å². The van der Waals surface area contributed by atoms with E-state index < -0.39 is 5.97 Å². The van der Waals surface area contributed by atoms with Gasteiger partial charge in [-0.25, -0.2) is 0 Å². The SMILES string of the molecule is CC(=O)OCC(=O)c1sc2ccc(Cl)cc2c1C. The zero-order valence-electron chi connectivity index (χ0n) is 9.95. The predicted octanol–water partition coefficient (Wildman–Crippen LogP) is 3.61. The fourth-order valence-electron chi connectivity index (χ4n) is 1.69. The lowest BCUT2D eigenvalue weighted by molar-refractivity contribution is -0.139. The summed E-state index contributed by atoms with van der Waals surface area (Å²) in [6.45, 7) is 2.94. The van der Waals surface area contributed by atoms with Crippen molar-refractivity contribution in [2.24, 2.45) is 0 Å². The highest BCUT2D eigenvalue weighted by atomic mass is 35.5. The van der Waals surface area contributed by atoms with E-state index in [1.165, 1.54) is 18.3 Å². The van der Waals surface area contributed by atoms with Gasteiger partial charge in [-0.1, -0.05) is 11.6 Å². The largest absolute Gasteiger partial charge is 0.457 e. The Morgan fingerprint density at radius 1 is 1.39 bits per heavy atom. The van der Waals surface area contributed by atoms with E-state index in [-0.39, 0.29) is 12.4 Å². The summed E-state index contributed by atoms with van der Waals surface area (Å²) in [4.78, 5) is 23.2. The molecule has 0 unspecified atom stereocenters. The zero-order chi connectivity index (χ0) is 13.3. The first-order valence-corrected chi connectivity index (χ1v) is 6.53. The molecule has 1 heterocycles. The van der Waals surface area contributed by atoms with E-state index in [4.69, 9.17) is 16.3 Å². The van der Waals surface area contributed by atoms with Gasteiger partial charge in [0.15, 0.2) is 6.61 Å². The molecule has 0 amide bonds. The van der Waals surface area contributed by atoms with Crippen molar-refractivity contribution in [3.63, 3.8) is 0 Å². The van der Waals surface area contributed by atoms with Gasteiger partial charge in [0.1, 0.15) is 0 Å². The van der Waals surface area contributed by atoms with Crippen LogP contribution in [0, 0.1) is 6.92 Å². The van der Waals surface area contributed by atoms with Crippen molar-refractivity contribution in [3.05, 3.63) is 33.7 Å². The highest BCUT2D eigenvalue weighted by Gasteiger charge is 2.16. The van der Waals surface area contributed by atoms with Crippen molar-refractivity contribution >= 4 is 44.8 Å². The summed E-state index contributed by atoms with van der Waals surface area (Å²) in [5, 5.41) is 1.61. The molecule has 2 rings (SSSR count). The Balaban J connectivity index is 2.36. The Morgan fingerprint density at radius 2 is 2.11 bits per heavy atom. The van der Waals surface area contributed by atoms with Crippen LogP contribution in [0.5, 0.6) is 0 Å². The Kier molecular flexibility index (Phi) is 3.68. The number of Topliss-reactive ketones (excluding diaryl/α,β-unsaturated/α-hetero) is 1. The van der Waals surface area contributed by atoms with Gasteiger partial charge in [0, 0.05) is 16.6 Å². The molecule has 3 nitrogen and oxygen atoms in total. The maximum Gasteiger partial charge on any atom is 0.303 e. The van der Waals surface area contributed by atoms with E-state index in [2.05, 4.69) is 0 Å². The van der Waals surface area contributed by atoms with E-state index in [1.807, 2.05) is 19.1 Å². The maximum atomic E-state index is 11.9. The number of ether oxygens (including phenoxy) is 1. The predicted molar refractivity (Wildman–Crippen MR) is 72.5 cm³/mol. The van der Waals surface area contributed by atoms with E-state index in [0.717, 1.165) is 15.6 Å². The molecule has 0 aliphatic rings. The summed E-state index contributed by atoms with van der Waals surface area (Å²) in [5.41, 5.74) is 0.884. The monoisotopic (exact) mass is 282 g/mol. The topological polar surface area (TPSA) is 43.4 Å². The highest BCUT2D eigenvalue weighted by Crippen LogP contribution is 2.32. The van der Waals surface area contributed by atoms with Gasteiger partial charge in [-0.3, -0.25) is 9.59 Å². The van der Waals surface area contributed by atoms with Crippen molar-refractivity contribution in [2.75, 3.05) is 6.61 Å². The number of fused-ring (bicyclic) bond motifs is 1. The number of aryl methyl sites for hydroxylation is 1. The van der Waals surface area contributed by atoms with E-state index in [0.29, 0.717) is 9.90 Å². The van der Waals surface area contributed by atoms with Crippen LogP contribution >= 0.6 is 22.9 Å². The molecule has 0 N–H and O–H groups in total. The summed E-state index contributed by atoms with van der Waals surface area (Å²) < 4.78 is 5.73. The smallest absolute Gasteiger partial charge is 0.303 e. The molecule has 0 atom stereocenters. The van der Waals surface area contributed by atoms with Crippen LogP contribution in [0.1, 0.15) is 22.2 Å².